The zero-order valence-electron chi connectivity index (χ0n) is 17.8. The zero-order valence-corrected chi connectivity index (χ0v) is 18.6. The molecule has 3 aromatic carbocycles. The summed E-state index contributed by atoms with van der Waals surface area (Å²) < 4.78 is 32.7. The number of benzene rings is 3. The van der Waals surface area contributed by atoms with Crippen LogP contribution in [0.1, 0.15) is 35.3 Å². The van der Waals surface area contributed by atoms with Gasteiger partial charge in [-0.25, -0.2) is 8.42 Å². The Morgan fingerprint density at radius 3 is 1.97 bits per heavy atom. The van der Waals surface area contributed by atoms with E-state index >= 15 is 0 Å². The van der Waals surface area contributed by atoms with Crippen molar-refractivity contribution in [1.29, 1.82) is 0 Å². The van der Waals surface area contributed by atoms with Crippen molar-refractivity contribution in [3.63, 3.8) is 0 Å². The molecule has 3 rings (SSSR count). The van der Waals surface area contributed by atoms with Gasteiger partial charge in [-0.1, -0.05) is 32.0 Å². The van der Waals surface area contributed by atoms with E-state index in [1.807, 2.05) is 32.0 Å². The number of rotatable bonds is 8. The Kier molecular flexibility index (Phi) is 6.97. The first kappa shape index (κ1) is 22.4. The number of ether oxygens (including phenoxy) is 1. The average Bonchev–Trinajstić information content (AvgIpc) is 2.79. The number of nitrogens with one attached hydrogen (secondary N) is 2. The topological polar surface area (TPSA) is 84.5 Å². The van der Waals surface area contributed by atoms with Gasteiger partial charge in [0, 0.05) is 16.9 Å². The van der Waals surface area contributed by atoms with Crippen LogP contribution in [-0.2, 0) is 22.9 Å². The van der Waals surface area contributed by atoms with E-state index < -0.39 is 10.0 Å². The molecular weight excluding hydrogens is 412 g/mol. The van der Waals surface area contributed by atoms with Crippen molar-refractivity contribution in [2.75, 3.05) is 17.1 Å². The fraction of sp³-hybridized carbons (Fsp3) is 0.208. The standard InChI is InChI=1S/C24H26N2O4S/c1-4-17-7-6-8-18(5-2)23(17)25-24(27)19-9-11-20(12-10-19)26-31(28,29)22-15-13-21(30-3)14-16-22/h6-16,26H,4-5H2,1-3H3,(H,25,27). The molecule has 0 atom stereocenters. The highest BCUT2D eigenvalue weighted by molar-refractivity contribution is 7.92. The molecule has 1 amide bonds. The first-order valence-electron chi connectivity index (χ1n) is 10.1. The summed E-state index contributed by atoms with van der Waals surface area (Å²) in [6, 6.07) is 18.5. The molecule has 6 nitrogen and oxygen atoms in total. The van der Waals surface area contributed by atoms with Crippen molar-refractivity contribution in [3.8, 4) is 5.75 Å². The molecule has 0 fully saturated rings. The second-order valence-electron chi connectivity index (χ2n) is 6.97. The molecule has 0 aliphatic heterocycles. The monoisotopic (exact) mass is 438 g/mol. The van der Waals surface area contributed by atoms with E-state index in [0.29, 0.717) is 17.0 Å². The van der Waals surface area contributed by atoms with Crippen molar-refractivity contribution in [2.45, 2.75) is 31.6 Å². The van der Waals surface area contributed by atoms with Gasteiger partial charge in [0.2, 0.25) is 0 Å². The molecule has 0 aliphatic rings. The highest BCUT2D eigenvalue weighted by Gasteiger charge is 2.15. The summed E-state index contributed by atoms with van der Waals surface area (Å²) >= 11 is 0. The number of amides is 1. The van der Waals surface area contributed by atoms with Crippen LogP contribution in [0.15, 0.2) is 71.6 Å². The molecule has 7 heteroatoms. The van der Waals surface area contributed by atoms with Crippen LogP contribution in [0.4, 0.5) is 11.4 Å². The predicted molar refractivity (Wildman–Crippen MR) is 123 cm³/mol. The van der Waals surface area contributed by atoms with Gasteiger partial charge in [0.25, 0.3) is 15.9 Å². The van der Waals surface area contributed by atoms with E-state index in [4.69, 9.17) is 4.74 Å². The van der Waals surface area contributed by atoms with E-state index in [1.165, 1.54) is 19.2 Å². The maximum absolute atomic E-state index is 12.8. The summed E-state index contributed by atoms with van der Waals surface area (Å²) in [5, 5.41) is 3.01. The highest BCUT2D eigenvalue weighted by atomic mass is 32.2. The summed E-state index contributed by atoms with van der Waals surface area (Å²) in [6.45, 7) is 4.10. The molecule has 2 N–H and O–H groups in total. The highest BCUT2D eigenvalue weighted by Crippen LogP contribution is 2.24. The van der Waals surface area contributed by atoms with Crippen LogP contribution in [0, 0.1) is 0 Å². The van der Waals surface area contributed by atoms with Gasteiger partial charge in [0.1, 0.15) is 5.75 Å². The molecule has 0 saturated carbocycles. The van der Waals surface area contributed by atoms with E-state index in [9.17, 15) is 13.2 Å². The minimum absolute atomic E-state index is 0.124. The molecule has 0 saturated heterocycles. The number of carbonyl (C=O) groups excluding carboxylic acids is 1. The molecule has 0 unspecified atom stereocenters. The number of hydrogen-bond acceptors (Lipinski definition) is 4. The van der Waals surface area contributed by atoms with Gasteiger partial charge in [0.15, 0.2) is 0 Å². The third kappa shape index (κ3) is 5.24. The average molecular weight is 439 g/mol. The maximum atomic E-state index is 12.8. The van der Waals surface area contributed by atoms with Crippen LogP contribution in [0.25, 0.3) is 0 Å². The number of methoxy groups -OCH3 is 1. The fourth-order valence-corrected chi connectivity index (χ4v) is 4.31. The van der Waals surface area contributed by atoms with E-state index in [0.717, 1.165) is 29.7 Å². The lowest BCUT2D eigenvalue weighted by atomic mass is 10.0. The largest absolute Gasteiger partial charge is 0.497 e. The second kappa shape index (κ2) is 9.66. The smallest absolute Gasteiger partial charge is 0.261 e. The molecule has 3 aromatic rings. The van der Waals surface area contributed by atoms with Gasteiger partial charge >= 0.3 is 0 Å². The van der Waals surface area contributed by atoms with Crippen LogP contribution < -0.4 is 14.8 Å². The van der Waals surface area contributed by atoms with E-state index in [2.05, 4.69) is 10.0 Å². The third-order valence-corrected chi connectivity index (χ3v) is 6.40. The lowest BCUT2D eigenvalue weighted by molar-refractivity contribution is 0.102. The summed E-state index contributed by atoms with van der Waals surface area (Å²) in [4.78, 5) is 12.9. The summed E-state index contributed by atoms with van der Waals surface area (Å²) in [6.07, 6.45) is 1.63. The molecular formula is C24H26N2O4S. The molecule has 0 heterocycles. The molecule has 0 spiro atoms. The Morgan fingerprint density at radius 1 is 0.871 bits per heavy atom. The molecule has 0 aliphatic carbocycles. The summed E-state index contributed by atoms with van der Waals surface area (Å²) in [5.41, 5.74) is 3.82. The number of para-hydroxylation sites is 1. The summed E-state index contributed by atoms with van der Waals surface area (Å²) in [5.74, 6) is 0.338. The van der Waals surface area contributed by atoms with Gasteiger partial charge < -0.3 is 10.1 Å². The normalized spacial score (nSPS) is 11.1. The quantitative estimate of drug-likeness (QED) is 0.525. The molecule has 0 aromatic heterocycles. The van der Waals surface area contributed by atoms with Crippen molar-refractivity contribution in [3.05, 3.63) is 83.4 Å². The number of hydrogen-bond donors (Lipinski definition) is 2. The minimum Gasteiger partial charge on any atom is -0.497 e. The van der Waals surface area contributed by atoms with Crippen molar-refractivity contribution in [1.82, 2.24) is 0 Å². The SMILES string of the molecule is CCc1cccc(CC)c1NC(=O)c1ccc(NS(=O)(=O)c2ccc(OC)cc2)cc1. The van der Waals surface area contributed by atoms with Crippen LogP contribution in [0.3, 0.4) is 0 Å². The predicted octanol–water partition coefficient (Wildman–Crippen LogP) is 4.87. The van der Waals surface area contributed by atoms with E-state index in [-0.39, 0.29) is 10.8 Å². The molecule has 0 radical (unpaired) electrons. The number of aryl methyl sites for hydroxylation is 2. The van der Waals surface area contributed by atoms with Gasteiger partial charge in [-0.3, -0.25) is 9.52 Å². The zero-order chi connectivity index (χ0) is 22.4. The Bertz CT molecular complexity index is 1130. The fourth-order valence-electron chi connectivity index (χ4n) is 3.25. The maximum Gasteiger partial charge on any atom is 0.261 e. The molecule has 162 valence electrons. The van der Waals surface area contributed by atoms with Crippen LogP contribution in [-0.4, -0.2) is 21.4 Å². The number of sulfonamides is 1. The molecule has 0 bridgehead atoms. The summed E-state index contributed by atoms with van der Waals surface area (Å²) in [7, 11) is -2.23. The van der Waals surface area contributed by atoms with Crippen molar-refractivity contribution >= 4 is 27.3 Å². The Morgan fingerprint density at radius 2 is 1.45 bits per heavy atom. The Hall–Kier alpha value is -3.32. The first-order chi connectivity index (χ1) is 14.9. The van der Waals surface area contributed by atoms with Gasteiger partial charge in [0.05, 0.1) is 12.0 Å². The van der Waals surface area contributed by atoms with Gasteiger partial charge in [-0.2, -0.15) is 0 Å². The third-order valence-electron chi connectivity index (χ3n) is 5.01. The number of carbonyl (C=O) groups is 1. The lowest BCUT2D eigenvalue weighted by Crippen LogP contribution is -2.15. The van der Waals surface area contributed by atoms with Crippen molar-refractivity contribution < 1.29 is 17.9 Å². The minimum atomic E-state index is -3.74. The van der Waals surface area contributed by atoms with Crippen LogP contribution in [0.5, 0.6) is 5.75 Å². The van der Waals surface area contributed by atoms with Crippen LogP contribution >= 0.6 is 0 Å². The lowest BCUT2D eigenvalue weighted by Gasteiger charge is -2.15. The molecule has 31 heavy (non-hydrogen) atoms. The van der Waals surface area contributed by atoms with E-state index in [1.54, 1.807) is 36.4 Å². The van der Waals surface area contributed by atoms with Crippen molar-refractivity contribution in [2.24, 2.45) is 0 Å². The Labute approximate surface area is 183 Å². The first-order valence-corrected chi connectivity index (χ1v) is 11.5. The number of anilines is 2. The van der Waals surface area contributed by atoms with Crippen LogP contribution in [0.2, 0.25) is 0 Å². The Balaban J connectivity index is 1.75. The van der Waals surface area contributed by atoms with Gasteiger partial charge in [-0.05, 0) is 72.5 Å². The van der Waals surface area contributed by atoms with Gasteiger partial charge in [-0.15, -0.1) is 0 Å². The second-order valence-corrected chi connectivity index (χ2v) is 8.65.